The maximum absolute atomic E-state index is 10.6. The van der Waals surface area contributed by atoms with Crippen molar-refractivity contribution in [2.24, 2.45) is 0 Å². The Morgan fingerprint density at radius 2 is 1.71 bits per heavy atom. The number of hydrogen-bond donors (Lipinski definition) is 0. The van der Waals surface area contributed by atoms with Crippen molar-refractivity contribution in [3.05, 3.63) is 23.3 Å². The van der Waals surface area contributed by atoms with Crippen LogP contribution in [-0.4, -0.2) is 13.3 Å². The molecular weight excluding hydrogens is 175 g/mol. The van der Waals surface area contributed by atoms with Crippen LogP contribution in [0.3, 0.4) is 0 Å². The third-order valence-electron chi connectivity index (χ3n) is 1.97. The monoisotopic (exact) mass is 190 g/mol. The molecule has 3 heteroatoms. The Morgan fingerprint density at radius 1 is 1.21 bits per heavy atom. The van der Waals surface area contributed by atoms with Gasteiger partial charge in [0.25, 0.3) is 0 Å². The summed E-state index contributed by atoms with van der Waals surface area (Å²) in [6.45, 7) is 7.90. The van der Waals surface area contributed by atoms with E-state index < -0.39 is 0 Å². The van der Waals surface area contributed by atoms with Gasteiger partial charge in [0.2, 0.25) is 0 Å². The molecule has 0 saturated heterocycles. The van der Waals surface area contributed by atoms with Crippen molar-refractivity contribution in [2.75, 3.05) is 0 Å². The van der Waals surface area contributed by atoms with E-state index in [-0.39, 0.29) is 6.10 Å². The third kappa shape index (κ3) is 2.44. The van der Waals surface area contributed by atoms with Gasteiger partial charge in [-0.3, -0.25) is 0 Å². The van der Waals surface area contributed by atoms with Crippen molar-refractivity contribution in [2.45, 2.75) is 33.8 Å². The Kier molecular flexibility index (Phi) is 3.45. The van der Waals surface area contributed by atoms with Crippen LogP contribution in [0.4, 0.5) is 0 Å². The molecular formula is C11H15BO2. The quantitative estimate of drug-likeness (QED) is 0.679. The van der Waals surface area contributed by atoms with Crippen LogP contribution >= 0.6 is 0 Å². The Hall–Kier alpha value is -1.12. The van der Waals surface area contributed by atoms with Gasteiger partial charge in [0.05, 0.1) is 0 Å². The predicted molar refractivity (Wildman–Crippen MR) is 57.8 cm³/mol. The molecule has 0 saturated carbocycles. The Balaban J connectivity index is 3.11. The maximum atomic E-state index is 10.6. The number of benzene rings is 1. The fourth-order valence-corrected chi connectivity index (χ4v) is 1.47. The molecule has 0 aliphatic rings. The molecule has 2 nitrogen and oxygen atoms in total. The molecule has 0 radical (unpaired) electrons. The molecule has 0 bridgehead atoms. The molecule has 74 valence electrons. The van der Waals surface area contributed by atoms with Crippen LogP contribution in [0.25, 0.3) is 0 Å². The summed E-state index contributed by atoms with van der Waals surface area (Å²) in [6, 6.07) is 3.69. The van der Waals surface area contributed by atoms with E-state index in [1.54, 1.807) is 0 Å². The summed E-state index contributed by atoms with van der Waals surface area (Å²) in [5, 5.41) is 0. The van der Waals surface area contributed by atoms with Crippen LogP contribution in [0.1, 0.15) is 25.0 Å². The molecule has 0 unspecified atom stereocenters. The van der Waals surface area contributed by atoms with Crippen molar-refractivity contribution in [3.63, 3.8) is 0 Å². The Morgan fingerprint density at radius 3 is 2.07 bits per heavy atom. The zero-order valence-corrected chi connectivity index (χ0v) is 9.13. The zero-order valence-electron chi connectivity index (χ0n) is 9.13. The Labute approximate surface area is 85.5 Å². The fourth-order valence-electron chi connectivity index (χ4n) is 1.47. The van der Waals surface area contributed by atoms with Gasteiger partial charge >= 0.3 is 84.9 Å². The van der Waals surface area contributed by atoms with Gasteiger partial charge < -0.3 is 0 Å². The van der Waals surface area contributed by atoms with Gasteiger partial charge in [-0.05, 0) is 0 Å². The second-order valence-corrected chi connectivity index (χ2v) is 3.77. The summed E-state index contributed by atoms with van der Waals surface area (Å²) in [5.41, 5.74) is 2.73. The van der Waals surface area contributed by atoms with E-state index in [1.165, 1.54) is 0 Å². The molecule has 0 spiro atoms. The summed E-state index contributed by atoms with van der Waals surface area (Å²) in [6.07, 6.45) is 0.162. The number of hydrogen-bond acceptors (Lipinski definition) is 2. The van der Waals surface area contributed by atoms with Crippen molar-refractivity contribution in [3.8, 4) is 5.75 Å². The van der Waals surface area contributed by atoms with E-state index in [4.69, 9.17) is 4.74 Å². The van der Waals surface area contributed by atoms with E-state index in [0.717, 1.165) is 24.0 Å². The summed E-state index contributed by atoms with van der Waals surface area (Å²) < 4.78 is 16.3. The fraction of sp³-hybridized carbons (Fsp3) is 0.455. The van der Waals surface area contributed by atoms with Crippen molar-refractivity contribution in [1.82, 2.24) is 0 Å². The van der Waals surface area contributed by atoms with Crippen LogP contribution in [-0.2, 0) is 4.70 Å². The Bertz CT molecular complexity index is 322. The van der Waals surface area contributed by atoms with Crippen molar-refractivity contribution < 1.29 is 9.44 Å². The first-order chi connectivity index (χ1) is 6.54. The molecule has 1 rings (SSSR count). The summed E-state index contributed by atoms with van der Waals surface area (Å²) in [7, 11) is 0.860. The molecule has 0 heterocycles. The van der Waals surface area contributed by atoms with Gasteiger partial charge in [0.1, 0.15) is 0 Å². The van der Waals surface area contributed by atoms with Crippen molar-refractivity contribution in [1.29, 1.82) is 0 Å². The van der Waals surface area contributed by atoms with E-state index in [2.05, 4.69) is 0 Å². The van der Waals surface area contributed by atoms with Gasteiger partial charge in [-0.1, -0.05) is 0 Å². The SMILES string of the molecule is Cc1cc(B=O)cc(C)c1OC(C)C. The van der Waals surface area contributed by atoms with Crippen molar-refractivity contribution >= 4 is 12.6 Å². The van der Waals surface area contributed by atoms with Crippen LogP contribution in [0, 0.1) is 13.8 Å². The molecule has 0 amide bonds. The molecule has 0 aliphatic carbocycles. The first-order valence-electron chi connectivity index (χ1n) is 4.77. The van der Waals surface area contributed by atoms with E-state index in [9.17, 15) is 4.70 Å². The molecule has 1 aromatic rings. The van der Waals surface area contributed by atoms with E-state index in [1.807, 2.05) is 39.8 Å². The van der Waals surface area contributed by atoms with Gasteiger partial charge in [0, 0.05) is 0 Å². The van der Waals surface area contributed by atoms with Gasteiger partial charge in [-0.25, -0.2) is 0 Å². The summed E-state index contributed by atoms with van der Waals surface area (Å²) in [4.78, 5) is 0. The van der Waals surface area contributed by atoms with E-state index >= 15 is 0 Å². The average Bonchev–Trinajstić information content (AvgIpc) is 2.10. The summed E-state index contributed by atoms with van der Waals surface area (Å²) in [5.74, 6) is 0.894. The predicted octanol–water partition coefficient (Wildman–Crippen LogP) is 1.77. The van der Waals surface area contributed by atoms with Gasteiger partial charge in [-0.15, -0.1) is 0 Å². The second kappa shape index (κ2) is 4.40. The number of ether oxygens (including phenoxy) is 1. The zero-order chi connectivity index (χ0) is 10.7. The minimum atomic E-state index is 0.162. The summed E-state index contributed by atoms with van der Waals surface area (Å²) >= 11 is 0. The second-order valence-electron chi connectivity index (χ2n) is 3.77. The molecule has 14 heavy (non-hydrogen) atoms. The molecule has 0 aliphatic heterocycles. The minimum absolute atomic E-state index is 0.162. The molecule has 0 fully saturated rings. The van der Waals surface area contributed by atoms with E-state index in [0.29, 0.717) is 5.46 Å². The molecule has 0 atom stereocenters. The van der Waals surface area contributed by atoms with Crippen LogP contribution in [0.15, 0.2) is 12.1 Å². The first kappa shape index (κ1) is 11.0. The normalized spacial score (nSPS) is 10.1. The third-order valence-corrected chi connectivity index (χ3v) is 1.97. The molecule has 1 aromatic carbocycles. The average molecular weight is 190 g/mol. The topological polar surface area (TPSA) is 26.3 Å². The molecule has 0 N–H and O–H groups in total. The standard InChI is InChI=1S/C11H15BO2/c1-7(2)14-11-8(3)5-10(12-13)6-9(11)4/h5-7H,1-4H3. The molecule has 0 aromatic heterocycles. The number of rotatable bonds is 3. The van der Waals surface area contributed by atoms with Crippen LogP contribution < -0.4 is 10.2 Å². The van der Waals surface area contributed by atoms with Gasteiger partial charge in [-0.2, -0.15) is 0 Å². The first-order valence-corrected chi connectivity index (χ1v) is 4.77. The number of aryl methyl sites for hydroxylation is 2. The van der Waals surface area contributed by atoms with Crippen LogP contribution in [0.5, 0.6) is 5.75 Å². The van der Waals surface area contributed by atoms with Gasteiger partial charge in [0.15, 0.2) is 0 Å². The van der Waals surface area contributed by atoms with Crippen LogP contribution in [0.2, 0.25) is 0 Å².